The molecular formula is C19H21FN2O4. The van der Waals surface area contributed by atoms with Crippen LogP contribution in [0.3, 0.4) is 0 Å². The molecule has 1 N–H and O–H groups in total. The van der Waals surface area contributed by atoms with Crippen molar-refractivity contribution in [3.05, 3.63) is 64.0 Å². The zero-order valence-electron chi connectivity index (χ0n) is 14.9. The Bertz CT molecular complexity index is 810. The van der Waals surface area contributed by atoms with Crippen LogP contribution >= 0.6 is 0 Å². The van der Waals surface area contributed by atoms with Gasteiger partial charge in [-0.2, -0.15) is 0 Å². The van der Waals surface area contributed by atoms with Crippen LogP contribution in [0.25, 0.3) is 0 Å². The number of carbonyl (C=O) groups excluding carboxylic acids is 1. The maximum Gasteiger partial charge on any atom is 0.311 e. The van der Waals surface area contributed by atoms with Crippen LogP contribution in [0.5, 0.6) is 5.75 Å². The molecule has 0 saturated carbocycles. The van der Waals surface area contributed by atoms with Gasteiger partial charge in [-0.15, -0.1) is 0 Å². The highest BCUT2D eigenvalue weighted by Gasteiger charge is 2.22. The van der Waals surface area contributed by atoms with Gasteiger partial charge in [0.1, 0.15) is 5.82 Å². The van der Waals surface area contributed by atoms with Crippen molar-refractivity contribution >= 4 is 17.3 Å². The fourth-order valence-corrected chi connectivity index (χ4v) is 2.47. The van der Waals surface area contributed by atoms with E-state index in [1.165, 1.54) is 6.92 Å². The second-order valence-electron chi connectivity index (χ2n) is 6.02. The van der Waals surface area contributed by atoms with E-state index < -0.39 is 28.4 Å². The zero-order chi connectivity index (χ0) is 19.3. The first kappa shape index (κ1) is 19.4. The molecule has 0 spiro atoms. The van der Waals surface area contributed by atoms with Crippen molar-refractivity contribution in [2.45, 2.75) is 39.2 Å². The number of rotatable bonds is 7. The molecule has 0 aliphatic carbocycles. The lowest BCUT2D eigenvalue weighted by Crippen LogP contribution is -2.30. The molecule has 0 bridgehead atoms. The van der Waals surface area contributed by atoms with Crippen molar-refractivity contribution in [2.75, 3.05) is 5.32 Å². The molecule has 0 heterocycles. The number of hydrogen-bond acceptors (Lipinski definition) is 4. The summed E-state index contributed by atoms with van der Waals surface area (Å²) in [6.07, 6.45) is -0.130. The molecule has 2 unspecified atom stereocenters. The fraction of sp³-hybridized carbons (Fsp3) is 0.316. The molecule has 2 aromatic rings. The number of halogens is 1. The lowest BCUT2D eigenvalue weighted by molar-refractivity contribution is -0.386. The number of nitrogens with zero attached hydrogens (tertiary/aromatic N) is 1. The van der Waals surface area contributed by atoms with Crippen LogP contribution in [-0.2, 0) is 4.79 Å². The van der Waals surface area contributed by atoms with Crippen molar-refractivity contribution in [1.29, 1.82) is 0 Å². The number of para-hydroxylation sites is 1. The highest BCUT2D eigenvalue weighted by atomic mass is 19.1. The van der Waals surface area contributed by atoms with Gasteiger partial charge in [0.05, 0.1) is 4.92 Å². The van der Waals surface area contributed by atoms with E-state index in [1.807, 2.05) is 18.2 Å². The third-order valence-electron chi connectivity index (χ3n) is 4.15. The van der Waals surface area contributed by atoms with E-state index in [2.05, 4.69) is 19.2 Å². The largest absolute Gasteiger partial charge is 0.474 e. The van der Waals surface area contributed by atoms with Crippen molar-refractivity contribution in [1.82, 2.24) is 0 Å². The van der Waals surface area contributed by atoms with Gasteiger partial charge in [-0.05, 0) is 37.0 Å². The van der Waals surface area contributed by atoms with Crippen LogP contribution in [0, 0.1) is 15.9 Å². The van der Waals surface area contributed by atoms with Gasteiger partial charge in [0, 0.05) is 17.8 Å². The van der Waals surface area contributed by atoms with Crippen LogP contribution in [-0.4, -0.2) is 16.9 Å². The minimum atomic E-state index is -1.04. The van der Waals surface area contributed by atoms with Gasteiger partial charge in [0.15, 0.2) is 6.10 Å². The third-order valence-corrected chi connectivity index (χ3v) is 4.15. The topological polar surface area (TPSA) is 81.5 Å². The second-order valence-corrected chi connectivity index (χ2v) is 6.02. The maximum atomic E-state index is 13.4. The Balaban J connectivity index is 2.17. The predicted molar refractivity (Wildman–Crippen MR) is 96.9 cm³/mol. The van der Waals surface area contributed by atoms with E-state index in [1.54, 1.807) is 6.07 Å². The quantitative estimate of drug-likeness (QED) is 0.575. The summed E-state index contributed by atoms with van der Waals surface area (Å²) in [6, 6.07) is 10.3. The van der Waals surface area contributed by atoms with Gasteiger partial charge in [-0.25, -0.2) is 4.39 Å². The van der Waals surface area contributed by atoms with E-state index in [-0.39, 0.29) is 11.7 Å². The Morgan fingerprint density at radius 1 is 1.27 bits per heavy atom. The molecule has 6 nitrogen and oxygen atoms in total. The summed E-state index contributed by atoms with van der Waals surface area (Å²) in [6.45, 7) is 5.56. The summed E-state index contributed by atoms with van der Waals surface area (Å²) in [5.74, 6) is -1.18. The third kappa shape index (κ3) is 4.56. The van der Waals surface area contributed by atoms with Gasteiger partial charge in [0.2, 0.25) is 5.75 Å². The van der Waals surface area contributed by atoms with Crippen molar-refractivity contribution in [3.63, 3.8) is 0 Å². The number of nitro benzene ring substituents is 1. The van der Waals surface area contributed by atoms with Crippen LogP contribution in [0.1, 0.15) is 38.7 Å². The van der Waals surface area contributed by atoms with Gasteiger partial charge >= 0.3 is 5.69 Å². The summed E-state index contributed by atoms with van der Waals surface area (Å²) < 4.78 is 18.7. The SMILES string of the molecule is CCC(C)c1ccccc1NC(=O)C(C)Oc1cc(F)ccc1[N+](=O)[O-]. The average molecular weight is 360 g/mol. The van der Waals surface area contributed by atoms with Crippen molar-refractivity contribution in [2.24, 2.45) is 0 Å². The fourth-order valence-electron chi connectivity index (χ4n) is 2.47. The van der Waals surface area contributed by atoms with Gasteiger partial charge in [0.25, 0.3) is 5.91 Å². The molecule has 1 amide bonds. The number of benzene rings is 2. The summed E-state index contributed by atoms with van der Waals surface area (Å²) >= 11 is 0. The summed E-state index contributed by atoms with van der Waals surface area (Å²) in [5.41, 5.74) is 1.26. The molecule has 0 aliphatic rings. The average Bonchev–Trinajstić information content (AvgIpc) is 2.61. The number of anilines is 1. The summed E-state index contributed by atoms with van der Waals surface area (Å²) in [4.78, 5) is 22.8. The molecule has 7 heteroatoms. The van der Waals surface area contributed by atoms with Crippen molar-refractivity contribution in [3.8, 4) is 5.75 Å². The van der Waals surface area contributed by atoms with Gasteiger partial charge < -0.3 is 10.1 Å². The first-order chi connectivity index (χ1) is 12.3. The number of amides is 1. The number of nitro groups is 1. The Morgan fingerprint density at radius 3 is 2.62 bits per heavy atom. The highest BCUT2D eigenvalue weighted by molar-refractivity contribution is 5.95. The molecule has 2 rings (SSSR count). The molecule has 2 atom stereocenters. The maximum absolute atomic E-state index is 13.4. The molecule has 0 fully saturated rings. The van der Waals surface area contributed by atoms with E-state index >= 15 is 0 Å². The normalized spacial score (nSPS) is 12.9. The smallest absolute Gasteiger partial charge is 0.311 e. The van der Waals surface area contributed by atoms with E-state index in [4.69, 9.17) is 4.74 Å². The Labute approximate surface area is 151 Å². The molecule has 0 aromatic heterocycles. The van der Waals surface area contributed by atoms with Crippen LogP contribution < -0.4 is 10.1 Å². The molecule has 0 radical (unpaired) electrons. The number of nitrogens with one attached hydrogen (secondary N) is 1. The standard InChI is InChI=1S/C19H21FN2O4/c1-4-12(2)15-7-5-6-8-16(15)21-19(23)13(3)26-18-11-14(20)9-10-17(18)22(24)25/h5-13H,4H2,1-3H3,(H,21,23). The van der Waals surface area contributed by atoms with E-state index in [0.717, 1.165) is 30.2 Å². The number of ether oxygens (including phenoxy) is 1. The molecule has 0 aliphatic heterocycles. The monoisotopic (exact) mass is 360 g/mol. The Kier molecular flexibility index (Phi) is 6.27. The van der Waals surface area contributed by atoms with E-state index in [0.29, 0.717) is 5.69 Å². The van der Waals surface area contributed by atoms with Gasteiger partial charge in [-0.1, -0.05) is 32.0 Å². The van der Waals surface area contributed by atoms with E-state index in [9.17, 15) is 19.3 Å². The van der Waals surface area contributed by atoms with Crippen LogP contribution in [0.2, 0.25) is 0 Å². The predicted octanol–water partition coefficient (Wildman–Crippen LogP) is 4.65. The first-order valence-corrected chi connectivity index (χ1v) is 8.33. The minimum Gasteiger partial charge on any atom is -0.474 e. The number of hydrogen-bond donors (Lipinski definition) is 1. The molecular weight excluding hydrogens is 339 g/mol. The number of carbonyl (C=O) groups is 1. The molecule has 26 heavy (non-hydrogen) atoms. The zero-order valence-corrected chi connectivity index (χ0v) is 14.9. The lowest BCUT2D eigenvalue weighted by Gasteiger charge is -2.18. The molecule has 2 aromatic carbocycles. The summed E-state index contributed by atoms with van der Waals surface area (Å²) in [5, 5.41) is 13.8. The van der Waals surface area contributed by atoms with Gasteiger partial charge in [-0.3, -0.25) is 14.9 Å². The molecule has 0 saturated heterocycles. The van der Waals surface area contributed by atoms with Crippen LogP contribution in [0.15, 0.2) is 42.5 Å². The second kappa shape index (κ2) is 8.42. The minimum absolute atomic E-state index is 0.257. The summed E-state index contributed by atoms with van der Waals surface area (Å²) in [7, 11) is 0. The Morgan fingerprint density at radius 2 is 1.96 bits per heavy atom. The van der Waals surface area contributed by atoms with Crippen LogP contribution in [0.4, 0.5) is 15.8 Å². The van der Waals surface area contributed by atoms with Crippen molar-refractivity contribution < 1.29 is 18.8 Å². The Hall–Kier alpha value is -2.96. The highest BCUT2D eigenvalue weighted by Crippen LogP contribution is 2.29. The first-order valence-electron chi connectivity index (χ1n) is 8.33. The lowest BCUT2D eigenvalue weighted by atomic mass is 9.97. The molecule has 138 valence electrons.